The standard InChI is InChI=1S/C23H24N4O4S/c1-5-16(4)32-17-10-11-18(14(2)12-17)24-23(29)22-21(28)13-15(3)26(25-22)19-8-6-7-9-20(19)27(30)31/h6-13,16H,5H2,1-4H3,(H,24,29). The number of aryl methyl sites for hydroxylation is 2. The van der Waals surface area contributed by atoms with Crippen LogP contribution in [0.4, 0.5) is 11.4 Å². The van der Waals surface area contributed by atoms with Crippen LogP contribution in [0.25, 0.3) is 5.69 Å². The normalized spacial score (nSPS) is 11.8. The Hall–Kier alpha value is -3.46. The molecule has 1 heterocycles. The van der Waals surface area contributed by atoms with Gasteiger partial charge < -0.3 is 5.32 Å². The van der Waals surface area contributed by atoms with Crippen molar-refractivity contribution in [3.8, 4) is 5.69 Å². The van der Waals surface area contributed by atoms with Gasteiger partial charge in [0.25, 0.3) is 11.6 Å². The van der Waals surface area contributed by atoms with Crippen molar-refractivity contribution in [1.82, 2.24) is 9.78 Å². The van der Waals surface area contributed by atoms with Crippen LogP contribution in [-0.4, -0.2) is 25.9 Å². The zero-order valence-corrected chi connectivity index (χ0v) is 19.1. The Kier molecular flexibility index (Phi) is 7.09. The lowest BCUT2D eigenvalue weighted by Crippen LogP contribution is -2.27. The molecule has 0 fully saturated rings. The third-order valence-corrected chi connectivity index (χ3v) is 6.25. The SMILES string of the molecule is CCC(C)Sc1ccc(NC(=O)c2nn(-c3ccccc3[N+](=O)[O-])c(C)cc2=O)c(C)c1. The number of carbonyl (C=O) groups excluding carboxylic acids is 1. The maximum absolute atomic E-state index is 12.9. The van der Waals surface area contributed by atoms with Gasteiger partial charge in [0.2, 0.25) is 5.43 Å². The second-order valence-electron chi connectivity index (χ2n) is 7.42. The number of para-hydroxylation sites is 2. The second kappa shape index (κ2) is 9.78. The molecule has 0 aliphatic heterocycles. The van der Waals surface area contributed by atoms with Gasteiger partial charge in [-0.15, -0.1) is 11.8 Å². The van der Waals surface area contributed by atoms with Crippen molar-refractivity contribution >= 4 is 29.0 Å². The van der Waals surface area contributed by atoms with Gasteiger partial charge in [0.15, 0.2) is 5.69 Å². The van der Waals surface area contributed by atoms with Crippen molar-refractivity contribution in [3.63, 3.8) is 0 Å². The smallest absolute Gasteiger partial charge is 0.294 e. The Balaban J connectivity index is 1.94. The van der Waals surface area contributed by atoms with Crippen LogP contribution in [0.5, 0.6) is 0 Å². The predicted molar refractivity (Wildman–Crippen MR) is 126 cm³/mol. The van der Waals surface area contributed by atoms with E-state index in [1.807, 2.05) is 19.1 Å². The van der Waals surface area contributed by atoms with Crippen molar-refractivity contribution in [2.45, 2.75) is 44.3 Å². The fourth-order valence-corrected chi connectivity index (χ4v) is 4.12. The van der Waals surface area contributed by atoms with Gasteiger partial charge in [-0.2, -0.15) is 5.10 Å². The predicted octanol–water partition coefficient (Wildman–Crippen LogP) is 4.90. The minimum Gasteiger partial charge on any atom is -0.320 e. The number of carbonyl (C=O) groups is 1. The Morgan fingerprint density at radius 1 is 1.22 bits per heavy atom. The Morgan fingerprint density at radius 2 is 1.94 bits per heavy atom. The molecule has 32 heavy (non-hydrogen) atoms. The van der Waals surface area contributed by atoms with E-state index in [1.165, 1.54) is 22.9 Å². The Morgan fingerprint density at radius 3 is 2.59 bits per heavy atom. The summed E-state index contributed by atoms with van der Waals surface area (Å²) in [6.45, 7) is 7.76. The topological polar surface area (TPSA) is 107 Å². The number of nitrogens with zero attached hydrogens (tertiary/aromatic N) is 3. The summed E-state index contributed by atoms with van der Waals surface area (Å²) >= 11 is 1.76. The molecule has 0 spiro atoms. The molecular weight excluding hydrogens is 428 g/mol. The van der Waals surface area contributed by atoms with Crippen molar-refractivity contribution in [3.05, 3.63) is 85.8 Å². The summed E-state index contributed by atoms with van der Waals surface area (Å²) in [6, 6.07) is 13.0. The molecule has 2 aromatic carbocycles. The van der Waals surface area contributed by atoms with Crippen LogP contribution in [0, 0.1) is 24.0 Å². The van der Waals surface area contributed by atoms with E-state index in [2.05, 4.69) is 24.3 Å². The molecule has 1 amide bonds. The maximum Gasteiger partial charge on any atom is 0.294 e. The van der Waals surface area contributed by atoms with E-state index in [1.54, 1.807) is 36.9 Å². The quantitative estimate of drug-likeness (QED) is 0.310. The number of amides is 1. The number of hydrogen-bond acceptors (Lipinski definition) is 6. The summed E-state index contributed by atoms with van der Waals surface area (Å²) in [5.41, 5.74) is 0.904. The molecule has 3 aromatic rings. The highest BCUT2D eigenvalue weighted by Gasteiger charge is 2.20. The van der Waals surface area contributed by atoms with Crippen LogP contribution in [0.15, 0.2) is 58.2 Å². The summed E-state index contributed by atoms with van der Waals surface area (Å²) in [6.07, 6.45) is 1.05. The average molecular weight is 453 g/mol. The molecule has 9 heteroatoms. The molecule has 0 saturated heterocycles. The van der Waals surface area contributed by atoms with Crippen LogP contribution >= 0.6 is 11.8 Å². The first-order valence-corrected chi connectivity index (χ1v) is 11.0. The van der Waals surface area contributed by atoms with E-state index in [4.69, 9.17) is 0 Å². The zero-order chi connectivity index (χ0) is 23.4. The molecule has 0 aliphatic carbocycles. The fraction of sp³-hybridized carbons (Fsp3) is 0.261. The van der Waals surface area contributed by atoms with Crippen molar-refractivity contribution in [1.29, 1.82) is 0 Å². The van der Waals surface area contributed by atoms with Gasteiger partial charge in [-0.05, 0) is 50.1 Å². The number of nitro benzene ring substituents is 1. The third-order valence-electron chi connectivity index (χ3n) is 4.99. The molecule has 0 aliphatic rings. The van der Waals surface area contributed by atoms with Crippen molar-refractivity contribution in [2.75, 3.05) is 5.32 Å². The molecule has 0 radical (unpaired) electrons. The van der Waals surface area contributed by atoms with E-state index < -0.39 is 16.3 Å². The lowest BCUT2D eigenvalue weighted by molar-refractivity contribution is -0.384. The number of hydrogen-bond donors (Lipinski definition) is 1. The Labute approximate surface area is 189 Å². The minimum atomic E-state index is -0.673. The van der Waals surface area contributed by atoms with Gasteiger partial charge in [0.1, 0.15) is 5.69 Å². The molecular formula is C23H24N4O4S. The summed E-state index contributed by atoms with van der Waals surface area (Å²) in [5.74, 6) is -0.673. The molecule has 8 nitrogen and oxygen atoms in total. The lowest BCUT2D eigenvalue weighted by atomic mass is 10.2. The van der Waals surface area contributed by atoms with Gasteiger partial charge in [-0.25, -0.2) is 4.68 Å². The third kappa shape index (κ3) is 5.05. The molecule has 166 valence electrons. The first kappa shape index (κ1) is 23.2. The molecule has 0 bridgehead atoms. The zero-order valence-electron chi connectivity index (χ0n) is 18.3. The highest BCUT2D eigenvalue weighted by atomic mass is 32.2. The molecule has 1 N–H and O–H groups in total. The number of anilines is 1. The van der Waals surface area contributed by atoms with E-state index >= 15 is 0 Å². The van der Waals surface area contributed by atoms with Crippen molar-refractivity contribution < 1.29 is 9.72 Å². The average Bonchev–Trinajstić information content (AvgIpc) is 2.75. The number of thioether (sulfide) groups is 1. The molecule has 0 saturated carbocycles. The number of benzene rings is 2. The number of nitro groups is 1. The summed E-state index contributed by atoms with van der Waals surface area (Å²) < 4.78 is 1.24. The second-order valence-corrected chi connectivity index (χ2v) is 8.94. The van der Waals surface area contributed by atoms with E-state index in [0.717, 1.165) is 16.9 Å². The number of nitrogens with one attached hydrogen (secondary N) is 1. The molecule has 1 aromatic heterocycles. The summed E-state index contributed by atoms with van der Waals surface area (Å²) in [5, 5.41) is 18.8. The molecule has 1 atom stereocenters. The van der Waals surface area contributed by atoms with Gasteiger partial charge in [-0.1, -0.05) is 26.0 Å². The number of aromatic nitrogens is 2. The monoisotopic (exact) mass is 452 g/mol. The van der Waals surface area contributed by atoms with Crippen LogP contribution in [-0.2, 0) is 0 Å². The lowest BCUT2D eigenvalue weighted by Gasteiger charge is -2.13. The molecule has 1 unspecified atom stereocenters. The van der Waals surface area contributed by atoms with E-state index in [9.17, 15) is 19.7 Å². The van der Waals surface area contributed by atoms with Crippen LogP contribution in [0.3, 0.4) is 0 Å². The van der Waals surface area contributed by atoms with Gasteiger partial charge in [0, 0.05) is 33.7 Å². The highest BCUT2D eigenvalue weighted by Crippen LogP contribution is 2.28. The summed E-state index contributed by atoms with van der Waals surface area (Å²) in [7, 11) is 0. The van der Waals surface area contributed by atoms with Gasteiger partial charge in [0.05, 0.1) is 4.92 Å². The van der Waals surface area contributed by atoms with Crippen LogP contribution in [0.1, 0.15) is 42.0 Å². The first-order chi connectivity index (χ1) is 15.2. The van der Waals surface area contributed by atoms with Crippen LogP contribution in [0.2, 0.25) is 0 Å². The fourth-order valence-electron chi connectivity index (χ4n) is 3.09. The Bertz CT molecular complexity index is 1240. The summed E-state index contributed by atoms with van der Waals surface area (Å²) in [4.78, 5) is 37.4. The minimum absolute atomic E-state index is 0.173. The van der Waals surface area contributed by atoms with E-state index in [0.29, 0.717) is 16.6 Å². The molecule has 3 rings (SSSR count). The van der Waals surface area contributed by atoms with Crippen LogP contribution < -0.4 is 10.7 Å². The maximum atomic E-state index is 12.9. The van der Waals surface area contributed by atoms with Crippen molar-refractivity contribution in [2.24, 2.45) is 0 Å². The number of rotatable bonds is 7. The highest BCUT2D eigenvalue weighted by molar-refractivity contribution is 7.99. The first-order valence-electron chi connectivity index (χ1n) is 10.1. The van der Waals surface area contributed by atoms with E-state index in [-0.39, 0.29) is 17.1 Å². The largest absolute Gasteiger partial charge is 0.320 e. The van der Waals surface area contributed by atoms with Gasteiger partial charge in [-0.3, -0.25) is 19.7 Å². The van der Waals surface area contributed by atoms with Gasteiger partial charge >= 0.3 is 0 Å².